The summed E-state index contributed by atoms with van der Waals surface area (Å²) in [6.07, 6.45) is 3.07. The van der Waals surface area contributed by atoms with Gasteiger partial charge in [0.15, 0.2) is 11.5 Å². The zero-order valence-corrected chi connectivity index (χ0v) is 14.0. The van der Waals surface area contributed by atoms with E-state index < -0.39 is 0 Å². The number of ether oxygens (including phenoxy) is 2. The maximum absolute atomic E-state index is 12.5. The van der Waals surface area contributed by atoms with Crippen molar-refractivity contribution >= 4 is 5.91 Å². The van der Waals surface area contributed by atoms with Crippen LogP contribution in [-0.4, -0.2) is 37.7 Å². The van der Waals surface area contributed by atoms with Gasteiger partial charge in [0.1, 0.15) is 0 Å². The fraction of sp³-hybridized carbons (Fsp3) is 0.611. The summed E-state index contributed by atoms with van der Waals surface area (Å²) < 4.78 is 10.7. The molecule has 2 aliphatic heterocycles. The standard InChI is InChI=1S/C18H26N2O3/c1-13(15-4-3-7-19-10-15)8-18(21)20(2)11-14-5-6-16-17(9-14)23-12-22-16/h5-6,9,13,15,19H,3-4,7-8,10-12H2,1-2H3. The van der Waals surface area contributed by atoms with Crippen LogP contribution in [0.4, 0.5) is 0 Å². The van der Waals surface area contributed by atoms with Crippen molar-refractivity contribution in [3.05, 3.63) is 23.8 Å². The molecule has 0 spiro atoms. The van der Waals surface area contributed by atoms with E-state index in [0.717, 1.165) is 30.2 Å². The summed E-state index contributed by atoms with van der Waals surface area (Å²) in [5, 5.41) is 3.43. The first-order chi connectivity index (χ1) is 11.1. The van der Waals surface area contributed by atoms with Gasteiger partial charge in [-0.05, 0) is 55.5 Å². The second-order valence-electron chi connectivity index (χ2n) is 6.73. The van der Waals surface area contributed by atoms with Crippen molar-refractivity contribution in [2.45, 2.75) is 32.7 Å². The first-order valence-corrected chi connectivity index (χ1v) is 8.46. The Morgan fingerprint density at radius 2 is 2.22 bits per heavy atom. The van der Waals surface area contributed by atoms with Crippen molar-refractivity contribution in [3.8, 4) is 11.5 Å². The molecule has 23 heavy (non-hydrogen) atoms. The number of hydrogen-bond donors (Lipinski definition) is 1. The molecule has 1 saturated heterocycles. The molecule has 126 valence electrons. The van der Waals surface area contributed by atoms with Crippen molar-refractivity contribution in [1.29, 1.82) is 0 Å². The minimum atomic E-state index is 0.209. The van der Waals surface area contributed by atoms with E-state index in [4.69, 9.17) is 9.47 Å². The van der Waals surface area contributed by atoms with Crippen LogP contribution in [0.15, 0.2) is 18.2 Å². The van der Waals surface area contributed by atoms with Crippen LogP contribution < -0.4 is 14.8 Å². The maximum atomic E-state index is 12.5. The lowest BCUT2D eigenvalue weighted by molar-refractivity contribution is -0.131. The second kappa shape index (κ2) is 7.21. The summed E-state index contributed by atoms with van der Waals surface area (Å²) in [7, 11) is 1.87. The molecule has 1 fully saturated rings. The van der Waals surface area contributed by atoms with E-state index in [1.54, 1.807) is 0 Å². The van der Waals surface area contributed by atoms with Crippen molar-refractivity contribution in [3.63, 3.8) is 0 Å². The molecule has 0 aromatic heterocycles. The number of piperidine rings is 1. The van der Waals surface area contributed by atoms with E-state index in [9.17, 15) is 4.79 Å². The zero-order valence-electron chi connectivity index (χ0n) is 14.0. The summed E-state index contributed by atoms with van der Waals surface area (Å²) in [6, 6.07) is 5.86. The quantitative estimate of drug-likeness (QED) is 0.906. The van der Waals surface area contributed by atoms with Gasteiger partial charge in [0.25, 0.3) is 0 Å². The normalized spacial score (nSPS) is 21.0. The first-order valence-electron chi connectivity index (χ1n) is 8.46. The SMILES string of the molecule is CC(CC(=O)N(C)Cc1ccc2c(c1)OCO2)C1CCCNC1. The van der Waals surface area contributed by atoms with E-state index >= 15 is 0 Å². The number of benzene rings is 1. The fourth-order valence-corrected chi connectivity index (χ4v) is 3.36. The minimum Gasteiger partial charge on any atom is -0.454 e. The van der Waals surface area contributed by atoms with Crippen LogP contribution in [0.5, 0.6) is 11.5 Å². The molecule has 0 radical (unpaired) electrons. The van der Waals surface area contributed by atoms with Gasteiger partial charge in [-0.3, -0.25) is 4.79 Å². The van der Waals surface area contributed by atoms with Crippen LogP contribution in [0.1, 0.15) is 31.7 Å². The molecular weight excluding hydrogens is 292 g/mol. The number of nitrogens with zero attached hydrogens (tertiary/aromatic N) is 1. The Kier molecular flexibility index (Phi) is 5.06. The summed E-state index contributed by atoms with van der Waals surface area (Å²) >= 11 is 0. The summed E-state index contributed by atoms with van der Waals surface area (Å²) in [5.74, 6) is 2.80. The van der Waals surface area contributed by atoms with Crippen molar-refractivity contribution in [2.24, 2.45) is 11.8 Å². The molecule has 1 N–H and O–H groups in total. The Morgan fingerprint density at radius 3 is 3.00 bits per heavy atom. The van der Waals surface area contributed by atoms with E-state index in [2.05, 4.69) is 12.2 Å². The average Bonchev–Trinajstić information content (AvgIpc) is 3.03. The lowest BCUT2D eigenvalue weighted by Crippen LogP contribution is -2.36. The third kappa shape index (κ3) is 3.96. The predicted molar refractivity (Wildman–Crippen MR) is 88.4 cm³/mol. The minimum absolute atomic E-state index is 0.209. The summed E-state index contributed by atoms with van der Waals surface area (Å²) in [4.78, 5) is 14.3. The van der Waals surface area contributed by atoms with Crippen molar-refractivity contribution < 1.29 is 14.3 Å². The van der Waals surface area contributed by atoms with Crippen molar-refractivity contribution in [2.75, 3.05) is 26.9 Å². The van der Waals surface area contributed by atoms with E-state index in [1.807, 2.05) is 30.1 Å². The van der Waals surface area contributed by atoms with Gasteiger partial charge >= 0.3 is 0 Å². The largest absolute Gasteiger partial charge is 0.454 e. The Balaban J connectivity index is 1.52. The number of nitrogens with one attached hydrogen (secondary N) is 1. The van der Waals surface area contributed by atoms with E-state index in [-0.39, 0.29) is 12.7 Å². The van der Waals surface area contributed by atoms with E-state index in [1.165, 1.54) is 12.8 Å². The summed E-state index contributed by atoms with van der Waals surface area (Å²) in [5.41, 5.74) is 1.07. The molecule has 0 aliphatic carbocycles. The highest BCUT2D eigenvalue weighted by atomic mass is 16.7. The van der Waals surface area contributed by atoms with Gasteiger partial charge in [0.05, 0.1) is 0 Å². The Bertz CT molecular complexity index is 555. The molecule has 3 rings (SSSR count). The number of rotatable bonds is 5. The fourth-order valence-electron chi connectivity index (χ4n) is 3.36. The summed E-state index contributed by atoms with van der Waals surface area (Å²) in [6.45, 7) is 5.23. The molecule has 2 atom stereocenters. The molecule has 5 nitrogen and oxygen atoms in total. The number of fused-ring (bicyclic) bond motifs is 1. The molecule has 5 heteroatoms. The smallest absolute Gasteiger partial charge is 0.231 e. The molecule has 0 bridgehead atoms. The predicted octanol–water partition coefficient (Wildman–Crippen LogP) is 2.40. The lowest BCUT2D eigenvalue weighted by atomic mass is 9.85. The van der Waals surface area contributed by atoms with Gasteiger partial charge in [-0.15, -0.1) is 0 Å². The number of hydrogen-bond acceptors (Lipinski definition) is 4. The van der Waals surface area contributed by atoms with Crippen LogP contribution in [0.25, 0.3) is 0 Å². The highest BCUT2D eigenvalue weighted by Crippen LogP contribution is 2.32. The second-order valence-corrected chi connectivity index (χ2v) is 6.73. The Hall–Kier alpha value is -1.75. The third-order valence-electron chi connectivity index (χ3n) is 4.92. The molecular formula is C18H26N2O3. The molecule has 1 amide bonds. The number of carbonyl (C=O) groups is 1. The van der Waals surface area contributed by atoms with Crippen LogP contribution in [0.3, 0.4) is 0 Å². The van der Waals surface area contributed by atoms with Gasteiger partial charge in [-0.1, -0.05) is 13.0 Å². The average molecular weight is 318 g/mol. The zero-order chi connectivity index (χ0) is 16.2. The maximum Gasteiger partial charge on any atom is 0.231 e. The molecule has 2 heterocycles. The topological polar surface area (TPSA) is 50.8 Å². The van der Waals surface area contributed by atoms with Gasteiger partial charge in [-0.2, -0.15) is 0 Å². The highest BCUT2D eigenvalue weighted by Gasteiger charge is 2.23. The molecule has 2 aliphatic rings. The van der Waals surface area contributed by atoms with Gasteiger partial charge < -0.3 is 19.7 Å². The van der Waals surface area contributed by atoms with Crippen LogP contribution in [-0.2, 0) is 11.3 Å². The van der Waals surface area contributed by atoms with Gasteiger partial charge in [0, 0.05) is 20.0 Å². The number of carbonyl (C=O) groups excluding carboxylic acids is 1. The molecule has 1 aromatic carbocycles. The van der Waals surface area contributed by atoms with Crippen LogP contribution in [0, 0.1) is 11.8 Å². The van der Waals surface area contributed by atoms with Crippen molar-refractivity contribution in [1.82, 2.24) is 10.2 Å². The lowest BCUT2D eigenvalue weighted by Gasteiger charge is -2.29. The highest BCUT2D eigenvalue weighted by molar-refractivity contribution is 5.76. The Morgan fingerprint density at radius 1 is 1.39 bits per heavy atom. The number of amides is 1. The molecule has 2 unspecified atom stereocenters. The molecule has 1 aromatic rings. The van der Waals surface area contributed by atoms with Gasteiger partial charge in [0.2, 0.25) is 12.7 Å². The first kappa shape index (κ1) is 16.1. The van der Waals surface area contributed by atoms with Crippen LogP contribution in [0.2, 0.25) is 0 Å². The van der Waals surface area contributed by atoms with Crippen LogP contribution >= 0.6 is 0 Å². The monoisotopic (exact) mass is 318 g/mol. The molecule has 0 saturated carbocycles. The van der Waals surface area contributed by atoms with E-state index in [0.29, 0.717) is 24.8 Å². The van der Waals surface area contributed by atoms with Gasteiger partial charge in [-0.25, -0.2) is 0 Å². The Labute approximate surface area is 137 Å². The third-order valence-corrected chi connectivity index (χ3v) is 4.92.